The minimum absolute atomic E-state index is 0.00287. The van der Waals surface area contributed by atoms with Gasteiger partial charge in [0.15, 0.2) is 18.6 Å². The number of nitriles is 3. The van der Waals surface area contributed by atoms with Crippen molar-refractivity contribution in [3.05, 3.63) is 50.9 Å². The van der Waals surface area contributed by atoms with Crippen LogP contribution in [0, 0.1) is 46.2 Å². The van der Waals surface area contributed by atoms with Gasteiger partial charge in [-0.3, -0.25) is 4.90 Å². The molecule has 5 aliphatic rings. The standard InChI is InChI=1S/C38H48Br3Cl2N9O5S2/c1-24(2)32-13-27(17-50(32)22-45)47-58(53,54)34-12-26(42)11-31(36(34)43)38(41)6-5-37(39,40)16-35(38)59(55,56)52(30-15-33(25(3)4)51(20-30)23-46)29-14-28(49(19-29)21-44)18-48-7-9-57-10-8-48/h5-6,11-12,16,24-25,27-30,32-33,47H,7-10,13-15,17-20H2,1-4H3/t27-,28-,29-,30-,32-,33-,38?/m1/s1. The van der Waals surface area contributed by atoms with Gasteiger partial charge in [0.2, 0.25) is 20.0 Å². The number of hydrogen-bond donors (Lipinski definition) is 1. The first-order valence-corrected chi connectivity index (χ1v) is 25.6. The molecular formula is C38H48Br3Cl2N9O5S2. The summed E-state index contributed by atoms with van der Waals surface area (Å²) < 4.78 is 66.9. The molecule has 1 unspecified atom stereocenters. The summed E-state index contributed by atoms with van der Waals surface area (Å²) in [5.74, 6) is 0.149. The fourth-order valence-corrected chi connectivity index (χ4v) is 15.9. The highest BCUT2D eigenvalue weighted by Gasteiger charge is 2.54. The Balaban J connectivity index is 1.43. The molecule has 1 N–H and O–H groups in total. The zero-order chi connectivity index (χ0) is 43.2. The van der Waals surface area contributed by atoms with E-state index in [1.807, 2.05) is 27.7 Å². The number of alkyl halides is 3. The van der Waals surface area contributed by atoms with E-state index >= 15 is 8.42 Å². The van der Waals surface area contributed by atoms with Crippen molar-refractivity contribution in [1.29, 1.82) is 15.8 Å². The second-order valence-electron chi connectivity index (χ2n) is 16.6. The van der Waals surface area contributed by atoms with Crippen molar-refractivity contribution in [2.24, 2.45) is 11.8 Å². The maximum Gasteiger partial charge on any atom is 0.242 e. The number of rotatable bonds is 12. The number of hydrogen-bond acceptors (Lipinski definition) is 12. The largest absolute Gasteiger partial charge is 0.379 e. The van der Waals surface area contributed by atoms with Crippen molar-refractivity contribution < 1.29 is 21.6 Å². The number of morpholine rings is 1. The van der Waals surface area contributed by atoms with Crippen molar-refractivity contribution in [2.75, 3.05) is 52.5 Å². The molecule has 4 saturated heterocycles. The lowest BCUT2D eigenvalue weighted by atomic mass is 9.94. The number of benzene rings is 1. The highest BCUT2D eigenvalue weighted by molar-refractivity contribution is 9.25. The predicted octanol–water partition coefficient (Wildman–Crippen LogP) is 5.85. The molecule has 0 aromatic heterocycles. The summed E-state index contributed by atoms with van der Waals surface area (Å²) in [6, 6.07) is 0.126. The van der Waals surface area contributed by atoms with E-state index in [-0.39, 0.29) is 75.0 Å². The second kappa shape index (κ2) is 18.2. The molecule has 1 aromatic carbocycles. The molecule has 4 aliphatic heterocycles. The third-order valence-corrected chi connectivity index (χ3v) is 18.9. The molecule has 14 nitrogen and oxygen atoms in total. The zero-order valence-electron chi connectivity index (χ0n) is 33.1. The van der Waals surface area contributed by atoms with Crippen molar-refractivity contribution in [3.8, 4) is 18.6 Å². The summed E-state index contributed by atoms with van der Waals surface area (Å²) in [4.78, 5) is 6.56. The van der Waals surface area contributed by atoms with Gasteiger partial charge in [0.25, 0.3) is 0 Å². The summed E-state index contributed by atoms with van der Waals surface area (Å²) in [6.45, 7) is 11.5. The summed E-state index contributed by atoms with van der Waals surface area (Å²) in [6.07, 6.45) is 12.6. The van der Waals surface area contributed by atoms with E-state index < -0.39 is 45.7 Å². The van der Waals surface area contributed by atoms with Crippen LogP contribution in [0.1, 0.15) is 52.5 Å². The number of allylic oxidation sites excluding steroid dienone is 4. The van der Waals surface area contributed by atoms with Gasteiger partial charge in [0.05, 0.1) is 29.2 Å². The summed E-state index contributed by atoms with van der Waals surface area (Å²) >= 11 is 24.8. The first kappa shape index (κ1) is 46.8. The second-order valence-corrected chi connectivity index (χ2v) is 25.9. The lowest BCUT2D eigenvalue weighted by molar-refractivity contribution is 0.0300. The van der Waals surface area contributed by atoms with Crippen LogP contribution in [0.4, 0.5) is 0 Å². The number of sulfonamides is 2. The van der Waals surface area contributed by atoms with Gasteiger partial charge in [0.1, 0.15) is 12.5 Å². The maximum absolute atomic E-state index is 15.8. The number of nitrogens with zero attached hydrogens (tertiary/aromatic N) is 8. The smallest absolute Gasteiger partial charge is 0.242 e. The Kier molecular flexibility index (Phi) is 14.4. The minimum Gasteiger partial charge on any atom is -0.379 e. The minimum atomic E-state index is -4.58. The third-order valence-electron chi connectivity index (χ3n) is 12.1. The average Bonchev–Trinajstić information content (AvgIpc) is 3.90. The lowest BCUT2D eigenvalue weighted by Gasteiger charge is -2.40. The topological polar surface area (TPSA) is 177 Å². The van der Waals surface area contributed by atoms with Crippen LogP contribution < -0.4 is 4.72 Å². The molecular weight excluding hydrogens is 1040 g/mol. The van der Waals surface area contributed by atoms with Crippen molar-refractivity contribution in [1.82, 2.24) is 28.6 Å². The highest BCUT2D eigenvalue weighted by Crippen LogP contribution is 2.54. The van der Waals surface area contributed by atoms with Crippen LogP contribution in [-0.2, 0) is 29.1 Å². The quantitative estimate of drug-likeness (QED) is 0.150. The molecule has 0 radical (unpaired) electrons. The fraction of sp³-hybridized carbons (Fsp3) is 0.658. The van der Waals surface area contributed by atoms with Crippen LogP contribution in [0.3, 0.4) is 0 Å². The third kappa shape index (κ3) is 9.64. The molecule has 1 aliphatic carbocycles. The molecule has 4 heterocycles. The SMILES string of the molecule is CC(C)[C@H]1C[C@@H](NS(=O)(=O)c2cc(Cl)cc(C3(Br)C=CC(Br)(Br)C=C3S(=O)(=O)N([C@@H]3C[C@H](CN4CCOCC4)N(C#N)C3)[C@@H]3C[C@H](C(C)C)N(C#N)C3)c2Cl)CN1C#N. The van der Waals surface area contributed by atoms with Gasteiger partial charge in [-0.25, -0.2) is 21.6 Å². The Morgan fingerprint density at radius 3 is 2.02 bits per heavy atom. The van der Waals surface area contributed by atoms with Crippen LogP contribution in [0.15, 0.2) is 40.2 Å². The number of halogens is 5. The van der Waals surface area contributed by atoms with Crippen LogP contribution in [-0.4, -0.2) is 133 Å². The van der Waals surface area contributed by atoms with Crippen molar-refractivity contribution >= 4 is 91.0 Å². The molecule has 0 bridgehead atoms. The first-order chi connectivity index (χ1) is 27.6. The van der Waals surface area contributed by atoms with Gasteiger partial charge in [-0.05, 0) is 54.9 Å². The van der Waals surface area contributed by atoms with Crippen LogP contribution in [0.25, 0.3) is 0 Å². The summed E-state index contributed by atoms with van der Waals surface area (Å²) in [5, 5.41) is 30.0. The highest BCUT2D eigenvalue weighted by atomic mass is 79.9. The predicted molar refractivity (Wildman–Crippen MR) is 236 cm³/mol. The Labute approximate surface area is 383 Å². The molecule has 4 fully saturated rings. The van der Waals surface area contributed by atoms with E-state index in [0.29, 0.717) is 52.1 Å². The molecule has 0 saturated carbocycles. The number of likely N-dealkylation sites (tertiary alicyclic amines) is 3. The van der Waals surface area contributed by atoms with Crippen LogP contribution in [0.2, 0.25) is 10.0 Å². The van der Waals surface area contributed by atoms with Gasteiger partial charge in [-0.15, -0.1) is 0 Å². The summed E-state index contributed by atoms with van der Waals surface area (Å²) in [5.41, 5.74) is 0.0686. The van der Waals surface area contributed by atoms with Gasteiger partial charge < -0.3 is 19.4 Å². The molecule has 7 atom stereocenters. The van der Waals surface area contributed by atoms with E-state index in [4.69, 9.17) is 27.9 Å². The van der Waals surface area contributed by atoms with E-state index in [9.17, 15) is 24.2 Å². The number of ether oxygens (including phenoxy) is 1. The van der Waals surface area contributed by atoms with Gasteiger partial charge in [-0.2, -0.15) is 20.1 Å². The molecule has 6 rings (SSSR count). The van der Waals surface area contributed by atoms with E-state index in [1.54, 1.807) is 26.9 Å². The normalized spacial score (nSPS) is 30.3. The molecule has 59 heavy (non-hydrogen) atoms. The Morgan fingerprint density at radius 1 is 0.864 bits per heavy atom. The van der Waals surface area contributed by atoms with Crippen LogP contribution in [0.5, 0.6) is 0 Å². The fourth-order valence-electron chi connectivity index (χ4n) is 9.16. The zero-order valence-corrected chi connectivity index (χ0v) is 41.0. The van der Waals surface area contributed by atoms with E-state index in [2.05, 4.69) is 76.0 Å². The van der Waals surface area contributed by atoms with E-state index in [0.717, 1.165) is 0 Å². The monoisotopic (exact) mass is 1080 g/mol. The number of nitrogens with one attached hydrogen (secondary N) is 1. The van der Waals surface area contributed by atoms with Gasteiger partial charge >= 0.3 is 0 Å². The molecule has 1 aromatic rings. The molecule has 322 valence electrons. The van der Waals surface area contributed by atoms with Crippen molar-refractivity contribution in [3.63, 3.8) is 0 Å². The molecule has 0 amide bonds. The molecule has 0 spiro atoms. The van der Waals surface area contributed by atoms with Crippen molar-refractivity contribution in [2.45, 2.75) is 95.7 Å². The van der Waals surface area contributed by atoms with Gasteiger partial charge in [0, 0.05) is 74.5 Å². The summed E-state index contributed by atoms with van der Waals surface area (Å²) in [7, 11) is -8.94. The first-order valence-electron chi connectivity index (χ1n) is 19.5. The van der Waals surface area contributed by atoms with Crippen LogP contribution >= 0.6 is 71.0 Å². The Hall–Kier alpha value is -1.67. The maximum atomic E-state index is 15.8. The molecule has 21 heteroatoms. The van der Waals surface area contributed by atoms with Gasteiger partial charge in [-0.1, -0.05) is 111 Å². The Morgan fingerprint density at radius 2 is 1.44 bits per heavy atom. The average molecular weight is 1090 g/mol. The Bertz CT molecular complexity index is 2190. The lowest BCUT2D eigenvalue weighted by Crippen LogP contribution is -2.51. The van der Waals surface area contributed by atoms with E-state index in [1.165, 1.54) is 22.5 Å².